The molecule has 1 amide bonds. The average molecular weight is 421 g/mol. The minimum absolute atomic E-state index is 0.0564. The number of thiocarbonyl (C=S) groups is 1. The summed E-state index contributed by atoms with van der Waals surface area (Å²) in [4.78, 5) is 19.1. The molecule has 154 valence electrons. The number of anilines is 1. The van der Waals surface area contributed by atoms with Gasteiger partial charge >= 0.3 is 0 Å². The maximum absolute atomic E-state index is 12.5. The highest BCUT2D eigenvalue weighted by Crippen LogP contribution is 2.39. The number of aromatic nitrogens is 1. The average Bonchev–Trinajstić information content (AvgIpc) is 3.30. The van der Waals surface area contributed by atoms with Gasteiger partial charge in [-0.3, -0.25) is 9.78 Å². The third-order valence-electron chi connectivity index (χ3n) is 5.13. The van der Waals surface area contributed by atoms with E-state index in [0.29, 0.717) is 18.1 Å². The van der Waals surface area contributed by atoms with E-state index in [1.807, 2.05) is 73.3 Å². The Morgan fingerprint density at radius 2 is 2.07 bits per heavy atom. The Morgan fingerprint density at radius 1 is 1.20 bits per heavy atom. The summed E-state index contributed by atoms with van der Waals surface area (Å²) in [5.41, 5.74) is 2.78. The standard InChI is InChI=1S/C23H24N4O2S/c1-15-6-5-7-17(14-15)25-20(28)11-13-27-22(19-10-9-16(2)29-19)21(26-23(27)30)18-8-3-4-12-24-18/h3-10,12,14,21-22H,11,13H2,1-2H3,(H,25,28)(H,26,30)/t21-,22-/m1/s1. The fourth-order valence-corrected chi connectivity index (χ4v) is 4.07. The van der Waals surface area contributed by atoms with E-state index in [1.165, 1.54) is 0 Å². The number of aryl methyl sites for hydroxylation is 2. The molecule has 0 aliphatic carbocycles. The van der Waals surface area contributed by atoms with Gasteiger partial charge in [0.1, 0.15) is 17.6 Å². The number of benzene rings is 1. The third kappa shape index (κ3) is 4.36. The van der Waals surface area contributed by atoms with Gasteiger partial charge in [-0.05, 0) is 68.0 Å². The summed E-state index contributed by atoms with van der Waals surface area (Å²) >= 11 is 5.61. The molecule has 1 saturated heterocycles. The quantitative estimate of drug-likeness (QED) is 0.580. The van der Waals surface area contributed by atoms with Crippen LogP contribution < -0.4 is 10.6 Å². The van der Waals surface area contributed by atoms with E-state index in [2.05, 4.69) is 15.6 Å². The maximum atomic E-state index is 12.5. The molecular formula is C23H24N4O2S. The minimum atomic E-state index is -0.173. The molecule has 0 saturated carbocycles. The maximum Gasteiger partial charge on any atom is 0.226 e. The van der Waals surface area contributed by atoms with Gasteiger partial charge in [-0.2, -0.15) is 0 Å². The van der Waals surface area contributed by atoms with E-state index < -0.39 is 0 Å². The number of carbonyl (C=O) groups excluding carboxylic acids is 1. The molecule has 6 nitrogen and oxygen atoms in total. The van der Waals surface area contributed by atoms with Crippen molar-refractivity contribution in [2.45, 2.75) is 32.4 Å². The van der Waals surface area contributed by atoms with Crippen LogP contribution >= 0.6 is 12.2 Å². The molecule has 3 aromatic rings. The molecule has 7 heteroatoms. The molecule has 1 aromatic carbocycles. The molecule has 0 radical (unpaired) electrons. The van der Waals surface area contributed by atoms with Crippen LogP contribution in [0.4, 0.5) is 5.69 Å². The largest absolute Gasteiger partial charge is 0.464 e. The van der Waals surface area contributed by atoms with Gasteiger partial charge in [-0.15, -0.1) is 0 Å². The van der Waals surface area contributed by atoms with E-state index >= 15 is 0 Å². The molecule has 30 heavy (non-hydrogen) atoms. The first-order valence-electron chi connectivity index (χ1n) is 9.92. The minimum Gasteiger partial charge on any atom is -0.464 e. The van der Waals surface area contributed by atoms with Gasteiger partial charge in [0.15, 0.2) is 5.11 Å². The van der Waals surface area contributed by atoms with Crippen LogP contribution in [0.25, 0.3) is 0 Å². The monoisotopic (exact) mass is 420 g/mol. The molecule has 0 spiro atoms. The molecule has 1 fully saturated rings. The summed E-state index contributed by atoms with van der Waals surface area (Å²) in [6.07, 6.45) is 2.07. The Kier molecular flexibility index (Phi) is 5.81. The normalized spacial score (nSPS) is 18.3. The summed E-state index contributed by atoms with van der Waals surface area (Å²) < 4.78 is 5.94. The number of pyridine rings is 1. The summed E-state index contributed by atoms with van der Waals surface area (Å²) in [5, 5.41) is 6.91. The Balaban J connectivity index is 1.51. The summed E-state index contributed by atoms with van der Waals surface area (Å²) in [6.45, 7) is 4.38. The van der Waals surface area contributed by atoms with Crippen LogP contribution in [0.5, 0.6) is 0 Å². The fourth-order valence-electron chi connectivity index (χ4n) is 3.74. The Hall–Kier alpha value is -3.19. The van der Waals surface area contributed by atoms with Crippen molar-refractivity contribution in [2.24, 2.45) is 0 Å². The summed E-state index contributed by atoms with van der Waals surface area (Å²) in [5.74, 6) is 1.58. The van der Waals surface area contributed by atoms with Gasteiger partial charge in [0, 0.05) is 24.8 Å². The number of hydrogen-bond acceptors (Lipinski definition) is 4. The third-order valence-corrected chi connectivity index (χ3v) is 5.48. The lowest BCUT2D eigenvalue weighted by Gasteiger charge is -2.25. The van der Waals surface area contributed by atoms with Gasteiger partial charge < -0.3 is 20.0 Å². The van der Waals surface area contributed by atoms with Crippen molar-refractivity contribution in [1.29, 1.82) is 0 Å². The van der Waals surface area contributed by atoms with Crippen LogP contribution in [0, 0.1) is 13.8 Å². The number of amides is 1. The zero-order valence-electron chi connectivity index (χ0n) is 17.0. The second kappa shape index (κ2) is 8.67. The van der Waals surface area contributed by atoms with Crippen molar-refractivity contribution in [3.8, 4) is 0 Å². The lowest BCUT2D eigenvalue weighted by atomic mass is 10.0. The fraction of sp³-hybridized carbons (Fsp3) is 0.261. The van der Waals surface area contributed by atoms with Crippen molar-refractivity contribution < 1.29 is 9.21 Å². The summed E-state index contributed by atoms with van der Waals surface area (Å²) in [6, 6.07) is 17.2. The van der Waals surface area contributed by atoms with E-state index in [1.54, 1.807) is 6.20 Å². The molecular weight excluding hydrogens is 396 g/mol. The Labute approximate surface area is 181 Å². The Morgan fingerprint density at radius 3 is 2.77 bits per heavy atom. The number of nitrogens with zero attached hydrogens (tertiary/aromatic N) is 2. The van der Waals surface area contributed by atoms with Gasteiger partial charge in [-0.1, -0.05) is 18.2 Å². The zero-order chi connectivity index (χ0) is 21.1. The van der Waals surface area contributed by atoms with Gasteiger partial charge in [-0.25, -0.2) is 0 Å². The first kappa shape index (κ1) is 20.1. The number of hydrogen-bond donors (Lipinski definition) is 2. The lowest BCUT2D eigenvalue weighted by molar-refractivity contribution is -0.116. The van der Waals surface area contributed by atoms with Crippen molar-refractivity contribution in [1.82, 2.24) is 15.2 Å². The SMILES string of the molecule is Cc1cccc(NC(=O)CCN2C(=S)N[C@H](c3ccccn3)[C@H]2c2ccc(C)o2)c1. The number of furan rings is 1. The van der Waals surface area contributed by atoms with Crippen molar-refractivity contribution in [2.75, 3.05) is 11.9 Å². The van der Waals surface area contributed by atoms with E-state index in [9.17, 15) is 4.79 Å². The number of carbonyl (C=O) groups is 1. The lowest BCUT2D eigenvalue weighted by Crippen LogP contribution is -2.32. The van der Waals surface area contributed by atoms with Crippen LogP contribution in [0.3, 0.4) is 0 Å². The predicted molar refractivity (Wildman–Crippen MR) is 120 cm³/mol. The van der Waals surface area contributed by atoms with Crippen LogP contribution in [0.15, 0.2) is 65.2 Å². The second-order valence-corrected chi connectivity index (χ2v) is 7.82. The molecule has 2 atom stereocenters. The Bertz CT molecular complexity index is 1050. The van der Waals surface area contributed by atoms with Crippen LogP contribution in [-0.4, -0.2) is 27.4 Å². The van der Waals surface area contributed by atoms with Crippen molar-refractivity contribution in [3.63, 3.8) is 0 Å². The number of nitrogens with one attached hydrogen (secondary N) is 2. The summed E-state index contributed by atoms with van der Waals surface area (Å²) in [7, 11) is 0. The first-order chi connectivity index (χ1) is 14.5. The molecule has 1 aliphatic rings. The van der Waals surface area contributed by atoms with E-state index in [-0.39, 0.29) is 18.0 Å². The second-order valence-electron chi connectivity index (χ2n) is 7.44. The zero-order valence-corrected chi connectivity index (χ0v) is 17.8. The molecule has 1 aliphatic heterocycles. The van der Waals surface area contributed by atoms with Crippen molar-refractivity contribution >= 4 is 28.9 Å². The van der Waals surface area contributed by atoms with Gasteiger partial charge in [0.25, 0.3) is 0 Å². The smallest absolute Gasteiger partial charge is 0.226 e. The molecule has 0 bridgehead atoms. The number of rotatable bonds is 6. The topological polar surface area (TPSA) is 70.4 Å². The predicted octanol–water partition coefficient (Wildman–Crippen LogP) is 4.29. The van der Waals surface area contributed by atoms with E-state index in [0.717, 1.165) is 28.5 Å². The molecule has 0 unspecified atom stereocenters. The molecule has 3 heterocycles. The highest BCUT2D eigenvalue weighted by molar-refractivity contribution is 7.80. The molecule has 4 rings (SSSR count). The van der Waals surface area contributed by atoms with Crippen LogP contribution in [-0.2, 0) is 4.79 Å². The van der Waals surface area contributed by atoms with Crippen LogP contribution in [0.1, 0.15) is 41.3 Å². The highest BCUT2D eigenvalue weighted by atomic mass is 32.1. The highest BCUT2D eigenvalue weighted by Gasteiger charge is 2.41. The van der Waals surface area contributed by atoms with Gasteiger partial charge in [0.2, 0.25) is 5.91 Å². The van der Waals surface area contributed by atoms with Crippen molar-refractivity contribution in [3.05, 3.63) is 83.6 Å². The van der Waals surface area contributed by atoms with Crippen LogP contribution in [0.2, 0.25) is 0 Å². The van der Waals surface area contributed by atoms with E-state index in [4.69, 9.17) is 16.6 Å². The molecule has 2 N–H and O–H groups in total. The van der Waals surface area contributed by atoms with Gasteiger partial charge in [0.05, 0.1) is 11.7 Å². The first-order valence-corrected chi connectivity index (χ1v) is 10.3. The molecule has 2 aromatic heterocycles.